The number of nitrogens with zero attached hydrogens (tertiary/aromatic N) is 1. The monoisotopic (exact) mass is 370 g/mol. The first-order valence-electron chi connectivity index (χ1n) is 7.46. The van der Waals surface area contributed by atoms with Gasteiger partial charge < -0.3 is 9.73 Å². The summed E-state index contributed by atoms with van der Waals surface area (Å²) in [6, 6.07) is 13.6. The van der Waals surface area contributed by atoms with E-state index >= 15 is 0 Å². The second-order valence-corrected chi connectivity index (χ2v) is 6.93. The SMILES string of the molecule is O=C(NCc1nc2ccccc2s1)c1cc(=O)c2cc(Cl)ccc2o1. The van der Waals surface area contributed by atoms with Crippen LogP contribution >= 0.6 is 22.9 Å². The molecule has 0 unspecified atom stereocenters. The first kappa shape index (κ1) is 15.8. The highest BCUT2D eigenvalue weighted by molar-refractivity contribution is 7.18. The third-order valence-electron chi connectivity index (χ3n) is 3.65. The summed E-state index contributed by atoms with van der Waals surface area (Å²) in [4.78, 5) is 28.9. The highest BCUT2D eigenvalue weighted by Gasteiger charge is 2.13. The van der Waals surface area contributed by atoms with Crippen LogP contribution in [-0.2, 0) is 6.54 Å². The third kappa shape index (κ3) is 3.14. The van der Waals surface area contributed by atoms with Crippen LogP contribution in [0.1, 0.15) is 15.6 Å². The number of halogens is 1. The Labute approximate surface area is 150 Å². The lowest BCUT2D eigenvalue weighted by Crippen LogP contribution is -2.23. The van der Waals surface area contributed by atoms with Gasteiger partial charge in [-0.3, -0.25) is 9.59 Å². The van der Waals surface area contributed by atoms with Crippen LogP contribution in [0.3, 0.4) is 0 Å². The molecule has 2 aromatic heterocycles. The summed E-state index contributed by atoms with van der Waals surface area (Å²) < 4.78 is 6.58. The van der Waals surface area contributed by atoms with Gasteiger partial charge in [-0.2, -0.15) is 0 Å². The lowest BCUT2D eigenvalue weighted by atomic mass is 10.2. The molecule has 5 nitrogen and oxygen atoms in total. The Morgan fingerprint density at radius 2 is 2.04 bits per heavy atom. The van der Waals surface area contributed by atoms with Gasteiger partial charge in [-0.15, -0.1) is 11.3 Å². The van der Waals surface area contributed by atoms with Gasteiger partial charge in [0.1, 0.15) is 10.6 Å². The van der Waals surface area contributed by atoms with Gasteiger partial charge in [-0.05, 0) is 30.3 Å². The molecule has 4 aromatic rings. The van der Waals surface area contributed by atoms with E-state index in [4.69, 9.17) is 16.0 Å². The Balaban J connectivity index is 1.57. The largest absolute Gasteiger partial charge is 0.451 e. The average Bonchev–Trinajstić information content (AvgIpc) is 3.03. The fourth-order valence-electron chi connectivity index (χ4n) is 2.48. The average molecular weight is 371 g/mol. The zero-order valence-electron chi connectivity index (χ0n) is 12.8. The maximum absolute atomic E-state index is 12.3. The molecule has 1 N–H and O–H groups in total. The standard InChI is InChI=1S/C18H11ClN2O3S/c19-10-5-6-14-11(7-10)13(22)8-15(24-14)18(23)20-9-17-21-12-3-1-2-4-16(12)25-17/h1-8H,9H2,(H,20,23). The molecule has 124 valence electrons. The van der Waals surface area contributed by atoms with Crippen molar-refractivity contribution < 1.29 is 9.21 Å². The van der Waals surface area contributed by atoms with Crippen molar-refractivity contribution in [3.8, 4) is 0 Å². The molecule has 0 aliphatic heterocycles. The second-order valence-electron chi connectivity index (χ2n) is 5.37. The van der Waals surface area contributed by atoms with Gasteiger partial charge in [0.2, 0.25) is 0 Å². The highest BCUT2D eigenvalue weighted by Crippen LogP contribution is 2.21. The van der Waals surface area contributed by atoms with Crippen LogP contribution in [0.25, 0.3) is 21.2 Å². The molecule has 2 heterocycles. The van der Waals surface area contributed by atoms with Crippen LogP contribution in [0, 0.1) is 0 Å². The topological polar surface area (TPSA) is 72.2 Å². The normalized spacial score (nSPS) is 11.1. The van der Waals surface area contributed by atoms with E-state index in [1.165, 1.54) is 23.5 Å². The quantitative estimate of drug-likeness (QED) is 0.592. The van der Waals surface area contributed by atoms with Crippen molar-refractivity contribution in [1.82, 2.24) is 10.3 Å². The Morgan fingerprint density at radius 1 is 1.20 bits per heavy atom. The lowest BCUT2D eigenvalue weighted by Gasteiger charge is -2.04. The number of aromatic nitrogens is 1. The molecule has 1 amide bonds. The van der Waals surface area contributed by atoms with Crippen molar-refractivity contribution in [3.05, 3.63) is 74.5 Å². The summed E-state index contributed by atoms with van der Waals surface area (Å²) in [6.07, 6.45) is 0. The van der Waals surface area contributed by atoms with Gasteiger partial charge in [0.15, 0.2) is 11.2 Å². The molecule has 0 fully saturated rings. The summed E-state index contributed by atoms with van der Waals surface area (Å²) in [5.41, 5.74) is 0.904. The molecule has 0 radical (unpaired) electrons. The van der Waals surface area contributed by atoms with E-state index < -0.39 is 5.91 Å². The Hall–Kier alpha value is -2.70. The number of nitrogens with one attached hydrogen (secondary N) is 1. The maximum Gasteiger partial charge on any atom is 0.287 e. The molecule has 25 heavy (non-hydrogen) atoms. The van der Waals surface area contributed by atoms with Gasteiger partial charge in [0.25, 0.3) is 5.91 Å². The summed E-state index contributed by atoms with van der Waals surface area (Å²) in [5, 5.41) is 4.29. The molecule has 7 heteroatoms. The Kier molecular flexibility index (Phi) is 3.99. The number of benzene rings is 2. The van der Waals surface area contributed by atoms with E-state index in [0.29, 0.717) is 16.0 Å². The van der Waals surface area contributed by atoms with Gasteiger partial charge >= 0.3 is 0 Å². The van der Waals surface area contributed by atoms with E-state index in [1.54, 1.807) is 12.1 Å². The van der Waals surface area contributed by atoms with Crippen molar-refractivity contribution in [1.29, 1.82) is 0 Å². The zero-order chi connectivity index (χ0) is 17.4. The third-order valence-corrected chi connectivity index (χ3v) is 4.92. The summed E-state index contributed by atoms with van der Waals surface area (Å²) >= 11 is 7.39. The first-order valence-corrected chi connectivity index (χ1v) is 8.66. The molecular formula is C18H11ClN2O3S. The molecule has 0 aliphatic rings. The Bertz CT molecular complexity index is 1130. The summed E-state index contributed by atoms with van der Waals surface area (Å²) in [7, 11) is 0. The lowest BCUT2D eigenvalue weighted by molar-refractivity contribution is 0.0923. The van der Waals surface area contributed by atoms with Crippen LogP contribution < -0.4 is 10.7 Å². The van der Waals surface area contributed by atoms with Crippen LogP contribution in [0.2, 0.25) is 5.02 Å². The number of fused-ring (bicyclic) bond motifs is 2. The zero-order valence-corrected chi connectivity index (χ0v) is 14.4. The van der Waals surface area contributed by atoms with Crippen molar-refractivity contribution in [2.45, 2.75) is 6.54 Å². The number of amides is 1. The molecule has 0 bridgehead atoms. The minimum absolute atomic E-state index is 0.0408. The number of rotatable bonds is 3. The van der Waals surface area contributed by atoms with Gasteiger partial charge in [-0.25, -0.2) is 4.98 Å². The van der Waals surface area contributed by atoms with E-state index in [2.05, 4.69) is 10.3 Å². The fourth-order valence-corrected chi connectivity index (χ4v) is 3.56. The minimum atomic E-state index is -0.465. The van der Waals surface area contributed by atoms with Crippen LogP contribution in [0.5, 0.6) is 0 Å². The Morgan fingerprint density at radius 3 is 2.88 bits per heavy atom. The van der Waals surface area contributed by atoms with E-state index in [1.807, 2.05) is 24.3 Å². The van der Waals surface area contributed by atoms with E-state index in [-0.39, 0.29) is 17.7 Å². The smallest absolute Gasteiger partial charge is 0.287 e. The van der Waals surface area contributed by atoms with Crippen molar-refractivity contribution in [3.63, 3.8) is 0 Å². The molecule has 2 aromatic carbocycles. The fraction of sp³-hybridized carbons (Fsp3) is 0.0556. The summed E-state index contributed by atoms with van der Waals surface area (Å²) in [5.74, 6) is -0.505. The molecular weight excluding hydrogens is 360 g/mol. The molecule has 0 saturated carbocycles. The van der Waals surface area contributed by atoms with Gasteiger partial charge in [-0.1, -0.05) is 23.7 Å². The number of hydrogen-bond donors (Lipinski definition) is 1. The number of carbonyl (C=O) groups excluding carboxylic acids is 1. The van der Waals surface area contributed by atoms with Gasteiger partial charge in [0.05, 0.1) is 22.1 Å². The van der Waals surface area contributed by atoms with Gasteiger partial charge in [0, 0.05) is 11.1 Å². The summed E-state index contributed by atoms with van der Waals surface area (Å²) in [6.45, 7) is 0.264. The van der Waals surface area contributed by atoms with Crippen LogP contribution in [-0.4, -0.2) is 10.9 Å². The predicted octanol–water partition coefficient (Wildman–Crippen LogP) is 3.99. The number of thiazole rings is 1. The van der Waals surface area contributed by atoms with Crippen LogP contribution in [0.4, 0.5) is 0 Å². The maximum atomic E-state index is 12.3. The highest BCUT2D eigenvalue weighted by atomic mass is 35.5. The van der Waals surface area contributed by atoms with E-state index in [9.17, 15) is 9.59 Å². The molecule has 0 saturated heterocycles. The predicted molar refractivity (Wildman–Crippen MR) is 98.3 cm³/mol. The molecule has 0 spiro atoms. The van der Waals surface area contributed by atoms with Crippen molar-refractivity contribution >= 4 is 50.0 Å². The number of carbonyl (C=O) groups is 1. The minimum Gasteiger partial charge on any atom is -0.451 e. The van der Waals surface area contributed by atoms with E-state index in [0.717, 1.165) is 15.2 Å². The number of hydrogen-bond acceptors (Lipinski definition) is 5. The van der Waals surface area contributed by atoms with Crippen LogP contribution in [0.15, 0.2) is 57.7 Å². The number of para-hydroxylation sites is 1. The molecule has 0 aliphatic carbocycles. The van der Waals surface area contributed by atoms with Crippen molar-refractivity contribution in [2.75, 3.05) is 0 Å². The van der Waals surface area contributed by atoms with Crippen molar-refractivity contribution in [2.24, 2.45) is 0 Å². The first-order chi connectivity index (χ1) is 12.1. The second kappa shape index (κ2) is 6.31. The molecule has 4 rings (SSSR count). The molecule has 0 atom stereocenters.